The van der Waals surface area contributed by atoms with Gasteiger partial charge in [-0.1, -0.05) is 0 Å². The van der Waals surface area contributed by atoms with Crippen molar-refractivity contribution < 1.29 is 13.9 Å². The molecule has 18 heavy (non-hydrogen) atoms. The Bertz CT molecular complexity index is 467. The summed E-state index contributed by atoms with van der Waals surface area (Å²) in [6.07, 6.45) is 0.208. The van der Waals surface area contributed by atoms with Gasteiger partial charge in [-0.15, -0.1) is 0 Å². The molecular weight excluding hydrogens is 235 g/mol. The molecule has 0 bridgehead atoms. The molecule has 1 N–H and O–H groups in total. The predicted molar refractivity (Wildman–Crippen MR) is 64.5 cm³/mol. The molecule has 0 unspecified atom stereocenters. The van der Waals surface area contributed by atoms with Crippen molar-refractivity contribution in [2.24, 2.45) is 0 Å². The van der Waals surface area contributed by atoms with Gasteiger partial charge in [0.1, 0.15) is 17.6 Å². The van der Waals surface area contributed by atoms with Crippen LogP contribution in [0.5, 0.6) is 5.75 Å². The molecule has 5 heteroatoms. The van der Waals surface area contributed by atoms with E-state index in [0.717, 1.165) is 6.07 Å². The molecule has 0 aliphatic rings. The van der Waals surface area contributed by atoms with E-state index < -0.39 is 5.82 Å². The Hall–Kier alpha value is -2.09. The molecule has 0 aromatic heterocycles. The summed E-state index contributed by atoms with van der Waals surface area (Å²) >= 11 is 0. The highest BCUT2D eigenvalue weighted by atomic mass is 19.1. The first-order valence-corrected chi connectivity index (χ1v) is 5.64. The minimum Gasteiger partial charge on any atom is -0.493 e. The van der Waals surface area contributed by atoms with Crippen molar-refractivity contribution in [3.05, 3.63) is 29.6 Å². The zero-order valence-corrected chi connectivity index (χ0v) is 10.4. The average Bonchev–Trinajstić information content (AvgIpc) is 2.28. The Morgan fingerprint density at radius 3 is 2.83 bits per heavy atom. The summed E-state index contributed by atoms with van der Waals surface area (Å²) in [5.74, 6) is -0.426. The topological polar surface area (TPSA) is 62.1 Å². The van der Waals surface area contributed by atoms with Crippen molar-refractivity contribution in [2.75, 3.05) is 6.61 Å². The van der Waals surface area contributed by atoms with Crippen molar-refractivity contribution >= 4 is 5.91 Å². The van der Waals surface area contributed by atoms with E-state index in [9.17, 15) is 9.18 Å². The van der Waals surface area contributed by atoms with Crippen LogP contribution in [0.15, 0.2) is 18.2 Å². The number of benzene rings is 1. The Balaban J connectivity index is 2.43. The van der Waals surface area contributed by atoms with Crippen LogP contribution in [0.3, 0.4) is 0 Å². The number of rotatable bonds is 5. The van der Waals surface area contributed by atoms with Crippen molar-refractivity contribution in [3.8, 4) is 11.8 Å². The largest absolute Gasteiger partial charge is 0.493 e. The number of amides is 1. The van der Waals surface area contributed by atoms with Crippen LogP contribution in [-0.2, 0) is 4.79 Å². The number of carbonyl (C=O) groups is 1. The number of hydrogen-bond acceptors (Lipinski definition) is 3. The number of halogens is 1. The fraction of sp³-hybridized carbons (Fsp3) is 0.385. The highest BCUT2D eigenvalue weighted by molar-refractivity contribution is 5.76. The fourth-order valence-corrected chi connectivity index (χ4v) is 1.33. The van der Waals surface area contributed by atoms with Gasteiger partial charge in [0.15, 0.2) is 0 Å². The molecule has 0 fully saturated rings. The highest BCUT2D eigenvalue weighted by Crippen LogP contribution is 2.16. The summed E-state index contributed by atoms with van der Waals surface area (Å²) in [4.78, 5) is 11.3. The standard InChI is InChI=1S/C13H15FN2O2/c1-9(2)16-13(17)5-6-18-11-4-3-10(8-15)12(14)7-11/h3-4,7,9H,5-6H2,1-2H3,(H,16,17). The summed E-state index contributed by atoms with van der Waals surface area (Å²) in [5.41, 5.74) is -0.0279. The third-order valence-electron chi connectivity index (χ3n) is 2.11. The van der Waals surface area contributed by atoms with E-state index in [0.29, 0.717) is 5.75 Å². The number of nitrogens with zero attached hydrogens (tertiary/aromatic N) is 1. The van der Waals surface area contributed by atoms with Crippen molar-refractivity contribution in [2.45, 2.75) is 26.3 Å². The molecule has 96 valence electrons. The smallest absolute Gasteiger partial charge is 0.223 e. The van der Waals surface area contributed by atoms with Crippen LogP contribution in [-0.4, -0.2) is 18.6 Å². The molecular formula is C13H15FN2O2. The van der Waals surface area contributed by atoms with Crippen LogP contribution in [0.25, 0.3) is 0 Å². The molecule has 0 aliphatic heterocycles. The summed E-state index contributed by atoms with van der Waals surface area (Å²) < 4.78 is 18.5. The van der Waals surface area contributed by atoms with Gasteiger partial charge in [-0.2, -0.15) is 5.26 Å². The van der Waals surface area contributed by atoms with Gasteiger partial charge in [0.2, 0.25) is 5.91 Å². The summed E-state index contributed by atoms with van der Waals surface area (Å²) in [5, 5.41) is 11.3. The van der Waals surface area contributed by atoms with E-state index in [1.165, 1.54) is 12.1 Å². The Morgan fingerprint density at radius 2 is 2.28 bits per heavy atom. The number of ether oxygens (including phenoxy) is 1. The molecule has 0 aliphatic carbocycles. The highest BCUT2D eigenvalue weighted by Gasteiger charge is 2.06. The number of carbonyl (C=O) groups excluding carboxylic acids is 1. The first kappa shape index (κ1) is 14.0. The normalized spacial score (nSPS) is 9.94. The zero-order valence-electron chi connectivity index (χ0n) is 10.4. The zero-order chi connectivity index (χ0) is 13.5. The molecule has 0 radical (unpaired) electrons. The first-order valence-electron chi connectivity index (χ1n) is 5.64. The fourth-order valence-electron chi connectivity index (χ4n) is 1.33. The predicted octanol–water partition coefficient (Wildman–Crippen LogP) is 1.99. The lowest BCUT2D eigenvalue weighted by molar-refractivity contribution is -0.122. The third kappa shape index (κ3) is 4.42. The number of nitriles is 1. The molecule has 1 aromatic rings. The summed E-state index contributed by atoms with van der Waals surface area (Å²) in [6.45, 7) is 3.91. The second-order valence-corrected chi connectivity index (χ2v) is 4.07. The van der Waals surface area contributed by atoms with E-state index >= 15 is 0 Å². The monoisotopic (exact) mass is 250 g/mol. The molecule has 0 atom stereocenters. The van der Waals surface area contributed by atoms with Gasteiger partial charge < -0.3 is 10.1 Å². The summed E-state index contributed by atoms with van der Waals surface area (Å²) in [7, 11) is 0. The lowest BCUT2D eigenvalue weighted by atomic mass is 10.2. The SMILES string of the molecule is CC(C)NC(=O)CCOc1ccc(C#N)c(F)c1. The molecule has 1 rings (SSSR count). The molecule has 1 amide bonds. The molecule has 4 nitrogen and oxygen atoms in total. The number of nitrogens with one attached hydrogen (secondary N) is 1. The van der Waals surface area contributed by atoms with Crippen LogP contribution in [0, 0.1) is 17.1 Å². The van der Waals surface area contributed by atoms with E-state index in [-0.39, 0.29) is 30.5 Å². The van der Waals surface area contributed by atoms with Gasteiger partial charge in [0, 0.05) is 12.1 Å². The quantitative estimate of drug-likeness (QED) is 0.869. The van der Waals surface area contributed by atoms with Crippen molar-refractivity contribution in [1.82, 2.24) is 5.32 Å². The first-order chi connectivity index (χ1) is 8.52. The minimum atomic E-state index is -0.623. The lowest BCUT2D eigenvalue weighted by Crippen LogP contribution is -2.31. The van der Waals surface area contributed by atoms with E-state index in [1.807, 2.05) is 13.8 Å². The molecule has 0 heterocycles. The van der Waals surface area contributed by atoms with E-state index in [4.69, 9.17) is 10.00 Å². The maximum absolute atomic E-state index is 13.2. The van der Waals surface area contributed by atoms with Crippen LogP contribution in [0.4, 0.5) is 4.39 Å². The maximum Gasteiger partial charge on any atom is 0.223 e. The van der Waals surface area contributed by atoms with Crippen LogP contribution >= 0.6 is 0 Å². The molecule has 1 aromatic carbocycles. The van der Waals surface area contributed by atoms with Gasteiger partial charge in [-0.25, -0.2) is 4.39 Å². The van der Waals surface area contributed by atoms with Gasteiger partial charge in [-0.3, -0.25) is 4.79 Å². The second kappa shape index (κ2) is 6.60. The van der Waals surface area contributed by atoms with Crippen molar-refractivity contribution in [1.29, 1.82) is 5.26 Å². The van der Waals surface area contributed by atoms with Crippen LogP contribution < -0.4 is 10.1 Å². The van der Waals surface area contributed by atoms with Crippen molar-refractivity contribution in [3.63, 3.8) is 0 Å². The molecule has 0 saturated heterocycles. The average molecular weight is 250 g/mol. The lowest BCUT2D eigenvalue weighted by Gasteiger charge is -2.09. The van der Waals surface area contributed by atoms with Gasteiger partial charge in [-0.05, 0) is 26.0 Å². The molecule has 0 spiro atoms. The summed E-state index contributed by atoms with van der Waals surface area (Å²) in [6, 6.07) is 5.80. The van der Waals surface area contributed by atoms with Gasteiger partial charge in [0.25, 0.3) is 0 Å². The minimum absolute atomic E-state index is 0.0279. The molecule has 0 saturated carbocycles. The van der Waals surface area contributed by atoms with Gasteiger partial charge in [0.05, 0.1) is 18.6 Å². The third-order valence-corrected chi connectivity index (χ3v) is 2.11. The van der Waals surface area contributed by atoms with Crippen LogP contribution in [0.2, 0.25) is 0 Å². The Labute approximate surface area is 105 Å². The second-order valence-electron chi connectivity index (χ2n) is 4.07. The number of hydrogen-bond donors (Lipinski definition) is 1. The maximum atomic E-state index is 13.2. The van der Waals surface area contributed by atoms with Gasteiger partial charge >= 0.3 is 0 Å². The van der Waals surface area contributed by atoms with E-state index in [2.05, 4.69) is 5.32 Å². The Morgan fingerprint density at radius 1 is 1.56 bits per heavy atom. The Kier molecular flexibility index (Phi) is 5.12. The van der Waals surface area contributed by atoms with E-state index in [1.54, 1.807) is 6.07 Å². The van der Waals surface area contributed by atoms with Crippen LogP contribution in [0.1, 0.15) is 25.8 Å².